The highest BCUT2D eigenvalue weighted by molar-refractivity contribution is 9.10. The highest BCUT2D eigenvalue weighted by atomic mass is 79.9. The van der Waals surface area contributed by atoms with Crippen molar-refractivity contribution >= 4 is 33.2 Å². The molecule has 0 amide bonds. The van der Waals surface area contributed by atoms with Crippen molar-refractivity contribution in [2.24, 2.45) is 0 Å². The molecule has 0 aromatic heterocycles. The van der Waals surface area contributed by atoms with Crippen LogP contribution >= 0.6 is 27.5 Å². The number of nitro groups is 1. The van der Waals surface area contributed by atoms with Crippen molar-refractivity contribution in [3.8, 4) is 0 Å². The van der Waals surface area contributed by atoms with Crippen LogP contribution in [-0.4, -0.2) is 4.92 Å². The van der Waals surface area contributed by atoms with Crippen LogP contribution in [0.2, 0.25) is 5.02 Å². The van der Waals surface area contributed by atoms with Crippen LogP contribution in [0.15, 0.2) is 16.6 Å². The van der Waals surface area contributed by atoms with Crippen molar-refractivity contribution < 1.29 is 9.31 Å². The number of rotatable bonds is 1. The molecule has 0 N–H and O–H groups in total. The first kappa shape index (κ1) is 9.41. The topological polar surface area (TPSA) is 43.1 Å². The number of nitrogens with zero attached hydrogens (tertiary/aromatic N) is 1. The number of hydrogen-bond acceptors (Lipinski definition) is 2. The highest BCUT2D eigenvalue weighted by Crippen LogP contribution is 2.29. The van der Waals surface area contributed by atoms with Gasteiger partial charge in [-0.05, 0) is 15.9 Å². The van der Waals surface area contributed by atoms with Gasteiger partial charge in [-0.1, -0.05) is 11.6 Å². The quantitative estimate of drug-likeness (QED) is 0.439. The summed E-state index contributed by atoms with van der Waals surface area (Å²) in [4.78, 5) is 9.47. The molecule has 0 aliphatic carbocycles. The molecule has 1 aromatic rings. The fourth-order valence-corrected chi connectivity index (χ4v) is 1.08. The Hall–Kier alpha value is -0.680. The monoisotopic (exact) mass is 253 g/mol. The molecule has 0 heterocycles. The summed E-state index contributed by atoms with van der Waals surface area (Å²) in [5.74, 6) is -0.741. The van der Waals surface area contributed by atoms with Crippen molar-refractivity contribution in [3.05, 3.63) is 37.6 Å². The van der Waals surface area contributed by atoms with E-state index in [1.807, 2.05) is 0 Å². The van der Waals surface area contributed by atoms with Crippen molar-refractivity contribution in [3.63, 3.8) is 0 Å². The Balaban J connectivity index is 3.31. The Bertz CT molecular complexity index is 321. The van der Waals surface area contributed by atoms with E-state index in [1.165, 1.54) is 0 Å². The molecule has 1 aromatic carbocycles. The zero-order valence-corrected chi connectivity index (χ0v) is 7.89. The smallest absolute Gasteiger partial charge is 0.258 e. The maximum atomic E-state index is 12.8. The van der Waals surface area contributed by atoms with Crippen LogP contribution in [0.5, 0.6) is 0 Å². The van der Waals surface area contributed by atoms with Crippen LogP contribution in [0.1, 0.15) is 0 Å². The highest BCUT2D eigenvalue weighted by Gasteiger charge is 2.13. The van der Waals surface area contributed by atoms with Gasteiger partial charge in [0.1, 0.15) is 5.82 Å². The second-order valence-electron chi connectivity index (χ2n) is 1.98. The first-order valence-electron chi connectivity index (χ1n) is 2.81. The van der Waals surface area contributed by atoms with Gasteiger partial charge in [0, 0.05) is 6.07 Å². The second kappa shape index (κ2) is 3.37. The predicted molar refractivity (Wildman–Crippen MR) is 45.8 cm³/mol. The Morgan fingerprint density at radius 1 is 1.58 bits per heavy atom. The number of hydrogen-bond donors (Lipinski definition) is 0. The Morgan fingerprint density at radius 3 is 2.58 bits per heavy atom. The summed E-state index contributed by atoms with van der Waals surface area (Å²) in [5, 5.41) is 10.2. The Kier molecular flexibility index (Phi) is 2.64. The average Bonchev–Trinajstić information content (AvgIpc) is 1.99. The fraction of sp³-hybridized carbons (Fsp3) is 0. The maximum Gasteiger partial charge on any atom is 0.273 e. The first-order valence-corrected chi connectivity index (χ1v) is 3.98. The molecule has 0 unspecified atom stereocenters. The molecule has 0 saturated carbocycles. The van der Waals surface area contributed by atoms with Crippen LogP contribution in [0.3, 0.4) is 0 Å². The number of halogens is 3. The summed E-state index contributed by atoms with van der Waals surface area (Å²) in [7, 11) is 0. The number of non-ortho nitro benzene ring substituents is 1. The van der Waals surface area contributed by atoms with Crippen LogP contribution in [0.25, 0.3) is 0 Å². The molecule has 0 aliphatic heterocycles. The zero-order valence-electron chi connectivity index (χ0n) is 5.55. The van der Waals surface area contributed by atoms with Crippen molar-refractivity contribution in [2.75, 3.05) is 0 Å². The molecule has 0 fully saturated rings. The molecule has 0 radical (unpaired) electrons. The fourth-order valence-electron chi connectivity index (χ4n) is 0.648. The number of nitro benzene ring substituents is 1. The minimum atomic E-state index is -0.741. The largest absolute Gasteiger partial charge is 0.273 e. The summed E-state index contributed by atoms with van der Waals surface area (Å²) in [6.45, 7) is 0. The minimum Gasteiger partial charge on any atom is -0.258 e. The van der Waals surface area contributed by atoms with Crippen molar-refractivity contribution in [1.29, 1.82) is 0 Å². The van der Waals surface area contributed by atoms with E-state index in [4.69, 9.17) is 11.6 Å². The lowest BCUT2D eigenvalue weighted by Gasteiger charge is -1.96. The Labute approximate surface area is 80.4 Å². The van der Waals surface area contributed by atoms with Gasteiger partial charge in [-0.3, -0.25) is 10.1 Å². The van der Waals surface area contributed by atoms with E-state index < -0.39 is 10.7 Å². The molecule has 0 bridgehead atoms. The molecule has 0 atom stereocenters. The standard InChI is InChI=1S/C6H2BrClFNO2/c7-6-4(8)1-3(10(11)12)2-5(6)9/h1-2H. The van der Waals surface area contributed by atoms with E-state index in [0.717, 1.165) is 12.1 Å². The average molecular weight is 254 g/mol. The molecule has 6 heteroatoms. The van der Waals surface area contributed by atoms with Gasteiger partial charge in [0.25, 0.3) is 5.69 Å². The molecular weight excluding hydrogens is 252 g/mol. The number of benzene rings is 1. The van der Waals surface area contributed by atoms with Crippen LogP contribution in [0, 0.1) is 15.9 Å². The second-order valence-corrected chi connectivity index (χ2v) is 3.18. The third-order valence-corrected chi connectivity index (χ3v) is 2.51. The first-order chi connectivity index (χ1) is 5.52. The van der Waals surface area contributed by atoms with Gasteiger partial charge in [-0.15, -0.1) is 0 Å². The lowest BCUT2D eigenvalue weighted by Crippen LogP contribution is -1.89. The normalized spacial score (nSPS) is 9.92. The predicted octanol–water partition coefficient (Wildman–Crippen LogP) is 3.15. The molecule has 3 nitrogen and oxygen atoms in total. The van der Waals surface area contributed by atoms with Crippen LogP contribution in [0.4, 0.5) is 10.1 Å². The Morgan fingerprint density at radius 2 is 2.17 bits per heavy atom. The van der Waals surface area contributed by atoms with Gasteiger partial charge >= 0.3 is 0 Å². The van der Waals surface area contributed by atoms with Crippen molar-refractivity contribution in [1.82, 2.24) is 0 Å². The summed E-state index contributed by atoms with van der Waals surface area (Å²) in [6.07, 6.45) is 0. The van der Waals surface area contributed by atoms with Crippen molar-refractivity contribution in [2.45, 2.75) is 0 Å². The molecule has 0 spiro atoms. The molecule has 1 rings (SSSR count). The molecule has 12 heavy (non-hydrogen) atoms. The third-order valence-electron chi connectivity index (χ3n) is 1.18. The van der Waals surface area contributed by atoms with Gasteiger partial charge < -0.3 is 0 Å². The van der Waals surface area contributed by atoms with Crippen LogP contribution < -0.4 is 0 Å². The summed E-state index contributed by atoms with van der Waals surface area (Å²) in [5.41, 5.74) is -0.360. The minimum absolute atomic E-state index is 0.0123. The molecule has 0 saturated heterocycles. The van der Waals surface area contributed by atoms with E-state index in [2.05, 4.69) is 15.9 Å². The van der Waals surface area contributed by atoms with E-state index in [1.54, 1.807) is 0 Å². The summed E-state index contributed by atoms with van der Waals surface area (Å²) >= 11 is 8.30. The third kappa shape index (κ3) is 1.73. The van der Waals surface area contributed by atoms with E-state index in [-0.39, 0.29) is 15.2 Å². The van der Waals surface area contributed by atoms with Gasteiger partial charge in [-0.2, -0.15) is 0 Å². The lowest BCUT2D eigenvalue weighted by atomic mass is 10.3. The maximum absolute atomic E-state index is 12.8. The van der Waals surface area contributed by atoms with Gasteiger partial charge in [0.2, 0.25) is 0 Å². The lowest BCUT2D eigenvalue weighted by molar-refractivity contribution is -0.385. The van der Waals surface area contributed by atoms with Crippen LogP contribution in [-0.2, 0) is 0 Å². The molecule has 0 aliphatic rings. The molecular formula is C6H2BrClFNO2. The van der Waals surface area contributed by atoms with E-state index >= 15 is 0 Å². The van der Waals surface area contributed by atoms with E-state index in [0.29, 0.717) is 0 Å². The summed E-state index contributed by atoms with van der Waals surface area (Å²) < 4.78 is 12.8. The molecule has 64 valence electrons. The SMILES string of the molecule is O=[N+]([O-])c1cc(F)c(Br)c(Cl)c1. The van der Waals surface area contributed by atoms with Gasteiger partial charge in [0.15, 0.2) is 0 Å². The van der Waals surface area contributed by atoms with Gasteiger partial charge in [-0.25, -0.2) is 4.39 Å². The van der Waals surface area contributed by atoms with E-state index in [9.17, 15) is 14.5 Å². The van der Waals surface area contributed by atoms with Gasteiger partial charge in [0.05, 0.1) is 20.5 Å². The zero-order chi connectivity index (χ0) is 9.30. The summed E-state index contributed by atoms with van der Waals surface area (Å²) in [6, 6.07) is 1.88.